The summed E-state index contributed by atoms with van der Waals surface area (Å²) in [5.41, 5.74) is 3.38. The maximum atomic E-state index is 10.6. The molecule has 1 aliphatic rings. The van der Waals surface area contributed by atoms with E-state index >= 15 is 0 Å². The number of aliphatic hydroxyl groups is 2. The van der Waals surface area contributed by atoms with Crippen LogP contribution in [0.1, 0.15) is 12.1 Å². The van der Waals surface area contributed by atoms with Gasteiger partial charge in [-0.15, -0.1) is 0 Å². The summed E-state index contributed by atoms with van der Waals surface area (Å²) in [6.45, 7) is 0.602. The molecule has 5 heterocycles. The van der Waals surface area contributed by atoms with Gasteiger partial charge in [-0.05, 0) is 24.6 Å². The Labute approximate surface area is 194 Å². The van der Waals surface area contributed by atoms with Crippen molar-refractivity contribution in [2.24, 2.45) is 7.05 Å². The summed E-state index contributed by atoms with van der Waals surface area (Å²) < 4.78 is 6.46. The minimum atomic E-state index is -0.722. The van der Waals surface area contributed by atoms with Crippen molar-refractivity contribution in [3.8, 4) is 22.8 Å². The molecule has 1 atom stereocenters. The van der Waals surface area contributed by atoms with Gasteiger partial charge in [0.05, 0.1) is 29.4 Å². The lowest BCUT2D eigenvalue weighted by Crippen LogP contribution is -2.24. The molecular formula is C22H24N8O4. The maximum absolute atomic E-state index is 10.6. The number of carbonyl (C=O) groups excluding carboxylic acids is 1. The van der Waals surface area contributed by atoms with Gasteiger partial charge in [0.2, 0.25) is 5.95 Å². The van der Waals surface area contributed by atoms with E-state index in [1.165, 1.54) is 11.2 Å². The van der Waals surface area contributed by atoms with E-state index in [4.69, 9.17) is 9.63 Å². The molecule has 0 bridgehead atoms. The van der Waals surface area contributed by atoms with E-state index in [1.54, 1.807) is 43.2 Å². The van der Waals surface area contributed by atoms with Crippen molar-refractivity contribution in [2.45, 2.75) is 19.1 Å². The van der Waals surface area contributed by atoms with Crippen LogP contribution in [0.4, 0.5) is 11.8 Å². The van der Waals surface area contributed by atoms with Crippen molar-refractivity contribution in [3.05, 3.63) is 54.6 Å². The summed E-state index contributed by atoms with van der Waals surface area (Å²) in [4.78, 5) is 25.4. The highest BCUT2D eigenvalue weighted by Crippen LogP contribution is 2.21. The lowest BCUT2D eigenvalue weighted by atomic mass is 10.2. The van der Waals surface area contributed by atoms with Crippen LogP contribution in [-0.2, 0) is 18.4 Å². The van der Waals surface area contributed by atoms with Crippen LogP contribution < -0.4 is 5.32 Å². The molecule has 1 aliphatic heterocycles. The second-order valence-corrected chi connectivity index (χ2v) is 7.55. The van der Waals surface area contributed by atoms with Crippen LogP contribution in [0.15, 0.2) is 53.4 Å². The standard InChI is InChI=1S/C17H15N7O2.C5H9NO2/c1-24-11(10-25)9-16(22-24)21-17-18-7-5-14(20-17)12-3-2-4-13(19-12)15-6-8-26-23-15;1-6-3-2-4(7)5(6)8/h2-9,25H,10H2,1H3,(H,18,20,21,22);4,7H,2-3H2,1H3. The summed E-state index contributed by atoms with van der Waals surface area (Å²) in [6, 6.07) is 10.9. The highest BCUT2D eigenvalue weighted by atomic mass is 16.5. The van der Waals surface area contributed by atoms with Gasteiger partial charge in [-0.3, -0.25) is 9.48 Å². The van der Waals surface area contributed by atoms with Gasteiger partial charge in [0.25, 0.3) is 5.91 Å². The van der Waals surface area contributed by atoms with E-state index in [2.05, 4.69) is 30.5 Å². The number of rotatable bonds is 5. The first kappa shape index (κ1) is 23.0. The van der Waals surface area contributed by atoms with E-state index in [-0.39, 0.29) is 12.5 Å². The number of amides is 1. The van der Waals surface area contributed by atoms with Crippen molar-refractivity contribution in [3.63, 3.8) is 0 Å². The molecule has 12 heteroatoms. The van der Waals surface area contributed by atoms with Crippen molar-refractivity contribution < 1.29 is 19.5 Å². The normalized spacial score (nSPS) is 15.2. The second kappa shape index (κ2) is 10.2. The van der Waals surface area contributed by atoms with E-state index in [1.807, 2.05) is 18.2 Å². The number of hydrogen-bond donors (Lipinski definition) is 3. The number of anilines is 2. The zero-order chi connectivity index (χ0) is 24.1. The van der Waals surface area contributed by atoms with Gasteiger partial charge in [-0.25, -0.2) is 15.0 Å². The molecule has 1 saturated heterocycles. The van der Waals surface area contributed by atoms with Crippen LogP contribution in [0, 0.1) is 0 Å². The molecule has 5 rings (SSSR count). The molecule has 12 nitrogen and oxygen atoms in total. The average molecular weight is 464 g/mol. The van der Waals surface area contributed by atoms with Crippen molar-refractivity contribution in [1.29, 1.82) is 0 Å². The van der Waals surface area contributed by atoms with Gasteiger partial charge in [0.1, 0.15) is 18.1 Å². The molecule has 4 aromatic heterocycles. The second-order valence-electron chi connectivity index (χ2n) is 7.55. The summed E-state index contributed by atoms with van der Waals surface area (Å²) >= 11 is 0. The number of carbonyl (C=O) groups is 1. The Hall–Kier alpha value is -4.16. The minimum absolute atomic E-state index is 0.0924. The number of aromatic nitrogens is 6. The smallest absolute Gasteiger partial charge is 0.251 e. The Kier molecular flexibility index (Phi) is 6.90. The van der Waals surface area contributed by atoms with Crippen LogP contribution in [-0.4, -0.2) is 70.6 Å². The Balaban J connectivity index is 0.000000291. The van der Waals surface area contributed by atoms with Gasteiger partial charge in [0.15, 0.2) is 5.82 Å². The summed E-state index contributed by atoms with van der Waals surface area (Å²) in [6.07, 6.45) is 3.02. The summed E-state index contributed by atoms with van der Waals surface area (Å²) in [5, 5.41) is 29.2. The zero-order valence-corrected chi connectivity index (χ0v) is 18.7. The van der Waals surface area contributed by atoms with Crippen molar-refractivity contribution in [2.75, 3.05) is 18.9 Å². The van der Waals surface area contributed by atoms with Crippen LogP contribution in [0.25, 0.3) is 22.8 Å². The molecule has 0 spiro atoms. The molecular weight excluding hydrogens is 440 g/mol. The molecule has 0 saturated carbocycles. The van der Waals surface area contributed by atoms with Crippen LogP contribution in [0.3, 0.4) is 0 Å². The predicted octanol–water partition coefficient (Wildman–Crippen LogP) is 1.37. The molecule has 1 unspecified atom stereocenters. The lowest BCUT2D eigenvalue weighted by molar-refractivity contribution is -0.133. The third-order valence-electron chi connectivity index (χ3n) is 5.15. The van der Waals surface area contributed by atoms with Gasteiger partial charge in [-0.2, -0.15) is 5.10 Å². The van der Waals surface area contributed by atoms with E-state index in [0.717, 1.165) is 0 Å². The van der Waals surface area contributed by atoms with Crippen LogP contribution >= 0.6 is 0 Å². The van der Waals surface area contributed by atoms with Crippen LogP contribution in [0.2, 0.25) is 0 Å². The third kappa shape index (κ3) is 5.24. The van der Waals surface area contributed by atoms with Crippen molar-refractivity contribution in [1.82, 2.24) is 34.8 Å². The molecule has 1 fully saturated rings. The summed E-state index contributed by atoms with van der Waals surface area (Å²) in [7, 11) is 3.45. The Bertz CT molecular complexity index is 1250. The quantitative estimate of drug-likeness (QED) is 0.394. The average Bonchev–Trinajstić information content (AvgIpc) is 3.58. The number of aryl methyl sites for hydroxylation is 1. The van der Waals surface area contributed by atoms with Gasteiger partial charge < -0.3 is 25.0 Å². The fourth-order valence-electron chi connectivity index (χ4n) is 3.26. The van der Waals surface area contributed by atoms with Crippen molar-refractivity contribution >= 4 is 17.7 Å². The highest BCUT2D eigenvalue weighted by molar-refractivity contribution is 5.82. The first-order chi connectivity index (χ1) is 16.4. The largest absolute Gasteiger partial charge is 0.390 e. The van der Waals surface area contributed by atoms with Gasteiger partial charge in [-0.1, -0.05) is 11.2 Å². The molecule has 176 valence electrons. The van der Waals surface area contributed by atoms with E-state index in [9.17, 15) is 9.90 Å². The molecule has 3 N–H and O–H groups in total. The number of nitrogens with one attached hydrogen (secondary N) is 1. The minimum Gasteiger partial charge on any atom is -0.390 e. The topological polar surface area (TPSA) is 155 Å². The maximum Gasteiger partial charge on any atom is 0.251 e. The van der Waals surface area contributed by atoms with E-state index in [0.29, 0.717) is 53.2 Å². The fourth-order valence-corrected chi connectivity index (χ4v) is 3.26. The highest BCUT2D eigenvalue weighted by Gasteiger charge is 2.26. The molecule has 0 radical (unpaired) electrons. The first-order valence-electron chi connectivity index (χ1n) is 10.5. The van der Waals surface area contributed by atoms with Crippen LogP contribution in [0.5, 0.6) is 0 Å². The zero-order valence-electron chi connectivity index (χ0n) is 18.7. The number of aliphatic hydroxyl groups excluding tert-OH is 2. The first-order valence-corrected chi connectivity index (χ1v) is 10.5. The van der Waals surface area contributed by atoms with Gasteiger partial charge >= 0.3 is 0 Å². The molecule has 4 aromatic rings. The molecule has 1 amide bonds. The SMILES string of the molecule is CN1CCC(O)C1=O.Cn1nc(Nc2nccc(-c3cccc(-c4ccon4)n3)n2)cc1CO. The number of likely N-dealkylation sites (N-methyl/N-ethyl adjacent to an activating group) is 1. The number of likely N-dealkylation sites (tertiary alicyclic amines) is 1. The molecule has 0 aromatic carbocycles. The fraction of sp³-hybridized carbons (Fsp3) is 0.273. The lowest BCUT2D eigenvalue weighted by Gasteiger charge is -2.05. The summed E-state index contributed by atoms with van der Waals surface area (Å²) in [5.74, 6) is 0.793. The molecule has 0 aliphatic carbocycles. The van der Waals surface area contributed by atoms with Gasteiger partial charge in [0, 0.05) is 39.0 Å². The van der Waals surface area contributed by atoms with E-state index < -0.39 is 6.10 Å². The Morgan fingerprint density at radius 3 is 2.47 bits per heavy atom. The predicted molar refractivity (Wildman–Crippen MR) is 121 cm³/mol. The number of pyridine rings is 1. The molecule has 34 heavy (non-hydrogen) atoms. The Morgan fingerprint density at radius 1 is 1.12 bits per heavy atom. The third-order valence-corrected chi connectivity index (χ3v) is 5.15. The number of hydrogen-bond acceptors (Lipinski definition) is 10. The Morgan fingerprint density at radius 2 is 1.88 bits per heavy atom. The number of nitrogens with zero attached hydrogens (tertiary/aromatic N) is 7. The monoisotopic (exact) mass is 464 g/mol.